The highest BCUT2D eigenvalue weighted by atomic mass is 16.6. The molecule has 0 radical (unpaired) electrons. The largest absolute Gasteiger partial charge is 0.463 e. The molecule has 0 bridgehead atoms. The number of ether oxygens (including phenoxy) is 3. The van der Waals surface area contributed by atoms with Gasteiger partial charge < -0.3 is 14.2 Å². The molecule has 1 fully saturated rings. The minimum Gasteiger partial charge on any atom is -0.463 e. The Hall–Kier alpha value is -1.65. The summed E-state index contributed by atoms with van der Waals surface area (Å²) in [7, 11) is 0. The van der Waals surface area contributed by atoms with E-state index in [1.165, 1.54) is 6.08 Å². The summed E-state index contributed by atoms with van der Waals surface area (Å²) in [4.78, 5) is 11.6. The van der Waals surface area contributed by atoms with E-state index in [2.05, 4.69) is 25.1 Å². The maximum atomic E-state index is 11.6. The Labute approximate surface area is 138 Å². The second-order valence-corrected chi connectivity index (χ2v) is 5.78. The van der Waals surface area contributed by atoms with Crippen LogP contribution in [-0.2, 0) is 19.0 Å². The zero-order valence-electron chi connectivity index (χ0n) is 14.2. The first-order valence-electron chi connectivity index (χ1n) is 8.32. The predicted molar refractivity (Wildman–Crippen MR) is 90.2 cm³/mol. The van der Waals surface area contributed by atoms with Crippen LogP contribution in [0.1, 0.15) is 49.5 Å². The predicted octanol–water partition coefficient (Wildman–Crippen LogP) is 3.83. The minimum absolute atomic E-state index is 0.0200. The van der Waals surface area contributed by atoms with Gasteiger partial charge in [-0.2, -0.15) is 0 Å². The van der Waals surface area contributed by atoms with Crippen LogP contribution in [0, 0.1) is 6.92 Å². The van der Waals surface area contributed by atoms with Gasteiger partial charge in [-0.15, -0.1) is 0 Å². The molecule has 1 aromatic carbocycles. The van der Waals surface area contributed by atoms with Gasteiger partial charge in [0.05, 0.1) is 25.9 Å². The highest BCUT2D eigenvalue weighted by Crippen LogP contribution is 2.29. The number of carbonyl (C=O) groups is 1. The van der Waals surface area contributed by atoms with Gasteiger partial charge >= 0.3 is 5.97 Å². The van der Waals surface area contributed by atoms with Gasteiger partial charge in [0.25, 0.3) is 0 Å². The van der Waals surface area contributed by atoms with E-state index in [4.69, 9.17) is 14.2 Å². The number of esters is 1. The summed E-state index contributed by atoms with van der Waals surface area (Å²) in [5.41, 5.74) is 3.27. The van der Waals surface area contributed by atoms with Gasteiger partial charge in [0.15, 0.2) is 0 Å². The van der Waals surface area contributed by atoms with Crippen molar-refractivity contribution in [2.45, 2.75) is 45.8 Å². The summed E-state index contributed by atoms with van der Waals surface area (Å²) in [6, 6.07) is 6.25. The Bertz CT molecular complexity index is 546. The Kier molecular flexibility index (Phi) is 6.81. The Balaban J connectivity index is 2.17. The first-order valence-corrected chi connectivity index (χ1v) is 8.32. The third kappa shape index (κ3) is 5.81. The Morgan fingerprint density at radius 3 is 2.87 bits per heavy atom. The number of rotatable bonds is 9. The summed E-state index contributed by atoms with van der Waals surface area (Å²) in [5.74, 6) is -0.320. The number of hydrogen-bond donors (Lipinski definition) is 0. The van der Waals surface area contributed by atoms with Crippen LogP contribution in [0.15, 0.2) is 24.3 Å². The lowest BCUT2D eigenvalue weighted by molar-refractivity contribution is -0.137. The molecule has 1 heterocycles. The van der Waals surface area contributed by atoms with Crippen molar-refractivity contribution < 1.29 is 19.0 Å². The molecule has 0 spiro atoms. The fourth-order valence-corrected chi connectivity index (χ4v) is 2.46. The summed E-state index contributed by atoms with van der Waals surface area (Å²) >= 11 is 0. The molecule has 1 unspecified atom stereocenters. The average Bonchev–Trinajstić information content (AvgIpc) is 3.34. The maximum Gasteiger partial charge on any atom is 0.330 e. The zero-order chi connectivity index (χ0) is 16.7. The minimum atomic E-state index is -0.320. The highest BCUT2D eigenvalue weighted by molar-refractivity contribution is 5.87. The normalized spacial score (nSPS) is 18.1. The molecule has 0 aromatic heterocycles. The van der Waals surface area contributed by atoms with Crippen LogP contribution in [0.2, 0.25) is 0 Å². The van der Waals surface area contributed by atoms with Crippen molar-refractivity contribution in [3.05, 3.63) is 41.0 Å². The summed E-state index contributed by atoms with van der Waals surface area (Å²) in [5, 5.41) is 0. The van der Waals surface area contributed by atoms with Crippen LogP contribution in [0.5, 0.6) is 0 Å². The van der Waals surface area contributed by atoms with Crippen LogP contribution >= 0.6 is 0 Å². The van der Waals surface area contributed by atoms with E-state index in [0.29, 0.717) is 13.2 Å². The molecule has 1 aliphatic rings. The number of hydrogen-bond acceptors (Lipinski definition) is 4. The average molecular weight is 318 g/mol. The standard InChI is InChI=1S/C19H26O4/c1-4-6-18(23-13-16-12-22-16)17-9-7-14(3)11-15(17)8-10-19(20)21-5-2/h7-11,16,18H,4-6,12-13H2,1-3H3/b10-8+/t16?,18-/m1/s1. The van der Waals surface area contributed by atoms with E-state index >= 15 is 0 Å². The molecule has 1 aliphatic heterocycles. The number of aryl methyl sites for hydroxylation is 1. The number of benzene rings is 1. The molecule has 2 rings (SSSR count). The fraction of sp³-hybridized carbons (Fsp3) is 0.526. The van der Waals surface area contributed by atoms with Crippen LogP contribution in [0.3, 0.4) is 0 Å². The van der Waals surface area contributed by atoms with Crippen molar-refractivity contribution in [2.75, 3.05) is 19.8 Å². The monoisotopic (exact) mass is 318 g/mol. The van der Waals surface area contributed by atoms with Crippen molar-refractivity contribution in [2.24, 2.45) is 0 Å². The molecule has 1 saturated heterocycles. The van der Waals surface area contributed by atoms with Gasteiger partial charge in [0.1, 0.15) is 6.10 Å². The molecule has 0 aliphatic carbocycles. The van der Waals surface area contributed by atoms with Crippen LogP contribution < -0.4 is 0 Å². The molecule has 1 aromatic rings. The van der Waals surface area contributed by atoms with Crippen molar-refractivity contribution in [1.82, 2.24) is 0 Å². The van der Waals surface area contributed by atoms with Crippen LogP contribution in [0.4, 0.5) is 0 Å². The molecule has 2 atom stereocenters. The molecule has 0 N–H and O–H groups in total. The third-order valence-corrected chi connectivity index (χ3v) is 3.71. The molecule has 126 valence electrons. The van der Waals surface area contributed by atoms with E-state index < -0.39 is 0 Å². The quantitative estimate of drug-likeness (QED) is 0.394. The highest BCUT2D eigenvalue weighted by Gasteiger charge is 2.25. The van der Waals surface area contributed by atoms with Crippen molar-refractivity contribution in [3.63, 3.8) is 0 Å². The molecule has 4 nitrogen and oxygen atoms in total. The van der Waals surface area contributed by atoms with Gasteiger partial charge in [0.2, 0.25) is 0 Å². The van der Waals surface area contributed by atoms with Gasteiger partial charge in [0, 0.05) is 6.08 Å². The summed E-state index contributed by atoms with van der Waals surface area (Å²) in [6.45, 7) is 7.79. The van der Waals surface area contributed by atoms with Crippen molar-refractivity contribution in [1.29, 1.82) is 0 Å². The molecular formula is C19H26O4. The molecule has 0 saturated carbocycles. The van der Waals surface area contributed by atoms with Gasteiger partial charge in [-0.1, -0.05) is 37.1 Å². The van der Waals surface area contributed by atoms with Crippen molar-refractivity contribution >= 4 is 12.0 Å². The zero-order valence-corrected chi connectivity index (χ0v) is 14.2. The molecule has 0 amide bonds. The number of carbonyl (C=O) groups excluding carboxylic acids is 1. The Morgan fingerprint density at radius 2 is 2.22 bits per heavy atom. The van der Waals surface area contributed by atoms with E-state index in [0.717, 1.165) is 36.1 Å². The van der Waals surface area contributed by atoms with E-state index in [-0.39, 0.29) is 18.2 Å². The second kappa shape index (κ2) is 8.85. The molecule has 23 heavy (non-hydrogen) atoms. The van der Waals surface area contributed by atoms with Crippen molar-refractivity contribution in [3.8, 4) is 0 Å². The first kappa shape index (κ1) is 17.7. The lowest BCUT2D eigenvalue weighted by atomic mass is 9.97. The first-order chi connectivity index (χ1) is 11.1. The van der Waals surface area contributed by atoms with Gasteiger partial charge in [-0.05, 0) is 37.5 Å². The molecule has 4 heteroatoms. The van der Waals surface area contributed by atoms with Gasteiger partial charge in [-0.3, -0.25) is 0 Å². The second-order valence-electron chi connectivity index (χ2n) is 5.78. The summed E-state index contributed by atoms with van der Waals surface area (Å²) in [6.07, 6.45) is 5.54. The number of epoxide rings is 1. The lowest BCUT2D eigenvalue weighted by Crippen LogP contribution is -2.10. The maximum absolute atomic E-state index is 11.6. The smallest absolute Gasteiger partial charge is 0.330 e. The third-order valence-electron chi connectivity index (χ3n) is 3.71. The topological polar surface area (TPSA) is 48.1 Å². The van der Waals surface area contributed by atoms with E-state index in [1.54, 1.807) is 6.92 Å². The van der Waals surface area contributed by atoms with Gasteiger partial charge in [-0.25, -0.2) is 4.79 Å². The summed E-state index contributed by atoms with van der Waals surface area (Å²) < 4.78 is 16.2. The Morgan fingerprint density at radius 1 is 1.43 bits per heavy atom. The van der Waals surface area contributed by atoms with E-state index in [9.17, 15) is 4.79 Å². The molecular weight excluding hydrogens is 292 g/mol. The van der Waals surface area contributed by atoms with E-state index in [1.807, 2.05) is 13.0 Å². The van der Waals surface area contributed by atoms with Crippen LogP contribution in [0.25, 0.3) is 6.08 Å². The SMILES string of the molecule is CCC[C@@H](OCC1CO1)c1ccc(C)cc1/C=C/C(=O)OCC. The van der Waals surface area contributed by atoms with Crippen LogP contribution in [-0.4, -0.2) is 31.9 Å². The fourth-order valence-electron chi connectivity index (χ4n) is 2.46. The lowest BCUT2D eigenvalue weighted by Gasteiger charge is -2.20.